The minimum absolute atomic E-state index is 0.0269. The first-order valence-corrected chi connectivity index (χ1v) is 8.40. The van der Waals surface area contributed by atoms with E-state index in [0.29, 0.717) is 19.1 Å². The molecule has 1 fully saturated rings. The molecule has 2 N–H and O–H groups in total. The van der Waals surface area contributed by atoms with Crippen LogP contribution in [-0.2, 0) is 9.47 Å². The maximum atomic E-state index is 11.1. The van der Waals surface area contributed by atoms with E-state index in [9.17, 15) is 4.79 Å². The number of hydrogen-bond donors (Lipinski definition) is 2. The monoisotopic (exact) mass is 340 g/mol. The molecule has 2 atom stereocenters. The van der Waals surface area contributed by atoms with Crippen molar-refractivity contribution in [3.05, 3.63) is 34.3 Å². The molecule has 1 aromatic rings. The number of aryl methyl sites for hydroxylation is 1. The van der Waals surface area contributed by atoms with E-state index in [-0.39, 0.29) is 6.10 Å². The Morgan fingerprint density at radius 2 is 2.35 bits per heavy atom. The van der Waals surface area contributed by atoms with Crippen molar-refractivity contribution in [2.24, 2.45) is 5.92 Å². The molecule has 0 radical (unpaired) electrons. The van der Waals surface area contributed by atoms with Crippen LogP contribution in [0.1, 0.15) is 30.1 Å². The summed E-state index contributed by atoms with van der Waals surface area (Å²) in [6, 6.07) is 5.91. The van der Waals surface area contributed by atoms with E-state index in [1.165, 1.54) is 12.7 Å². The Kier molecular flexibility index (Phi) is 7.15. The molecule has 2 rings (SSSR count). The lowest BCUT2D eigenvalue weighted by atomic mass is 9.87. The fourth-order valence-corrected chi connectivity index (χ4v) is 3.13. The molecule has 1 heterocycles. The molecule has 1 saturated heterocycles. The minimum atomic E-state index is -0.441. The first-order valence-electron chi connectivity index (χ1n) is 8.02. The van der Waals surface area contributed by atoms with Crippen molar-refractivity contribution in [2.75, 3.05) is 33.4 Å². The van der Waals surface area contributed by atoms with E-state index in [0.717, 1.165) is 36.5 Å². The Bertz CT molecular complexity index is 519. The number of methoxy groups -OCH3 is 1. The van der Waals surface area contributed by atoms with E-state index >= 15 is 0 Å². The first kappa shape index (κ1) is 18.0. The van der Waals surface area contributed by atoms with Crippen molar-refractivity contribution in [3.63, 3.8) is 0 Å². The van der Waals surface area contributed by atoms with Gasteiger partial charge in [0.15, 0.2) is 0 Å². The number of nitrogens with one attached hydrogen (secondary N) is 2. The molecule has 0 bridgehead atoms. The van der Waals surface area contributed by atoms with E-state index in [1.807, 2.05) is 18.2 Å². The molecule has 1 aliphatic rings. The van der Waals surface area contributed by atoms with Crippen LogP contribution in [0.5, 0.6) is 0 Å². The van der Waals surface area contributed by atoms with Crippen LogP contribution >= 0.6 is 11.6 Å². The Balaban J connectivity index is 2.05. The number of ether oxygens (including phenoxy) is 2. The summed E-state index contributed by atoms with van der Waals surface area (Å²) in [7, 11) is 1.35. The van der Waals surface area contributed by atoms with Crippen LogP contribution in [0.15, 0.2) is 18.2 Å². The molecule has 0 aromatic heterocycles. The van der Waals surface area contributed by atoms with Gasteiger partial charge >= 0.3 is 6.09 Å². The van der Waals surface area contributed by atoms with Gasteiger partial charge in [0.05, 0.1) is 19.8 Å². The molecule has 2 unspecified atom stereocenters. The van der Waals surface area contributed by atoms with Gasteiger partial charge in [-0.05, 0) is 49.6 Å². The Morgan fingerprint density at radius 1 is 1.52 bits per heavy atom. The Hall–Kier alpha value is -1.30. The Labute approximate surface area is 142 Å². The molecular weight excluding hydrogens is 316 g/mol. The number of halogens is 1. The van der Waals surface area contributed by atoms with E-state index in [4.69, 9.17) is 16.3 Å². The van der Waals surface area contributed by atoms with Crippen molar-refractivity contribution in [3.8, 4) is 0 Å². The zero-order chi connectivity index (χ0) is 16.7. The lowest BCUT2D eigenvalue weighted by Crippen LogP contribution is -2.35. The van der Waals surface area contributed by atoms with Crippen molar-refractivity contribution in [1.29, 1.82) is 0 Å². The topological polar surface area (TPSA) is 59.6 Å². The van der Waals surface area contributed by atoms with Crippen molar-refractivity contribution in [2.45, 2.75) is 25.9 Å². The number of benzene rings is 1. The molecular formula is C17H25ClN2O3. The number of alkyl carbamates (subject to hydrolysis) is 1. The summed E-state index contributed by atoms with van der Waals surface area (Å²) >= 11 is 6.18. The largest absolute Gasteiger partial charge is 0.453 e. The summed E-state index contributed by atoms with van der Waals surface area (Å²) in [5, 5.41) is 6.79. The van der Waals surface area contributed by atoms with Gasteiger partial charge in [0.25, 0.3) is 0 Å². The number of rotatable bonds is 6. The third kappa shape index (κ3) is 5.37. The SMILES string of the molecule is COC(=O)NCCOC(c1cc(Cl)ccc1C)C1CCCNC1. The van der Waals surface area contributed by atoms with Gasteiger partial charge in [0.1, 0.15) is 0 Å². The van der Waals surface area contributed by atoms with Gasteiger partial charge < -0.3 is 20.1 Å². The van der Waals surface area contributed by atoms with Crippen LogP contribution in [0.25, 0.3) is 0 Å². The average Bonchev–Trinajstić information content (AvgIpc) is 2.58. The number of piperidine rings is 1. The molecule has 5 nitrogen and oxygen atoms in total. The molecule has 0 aliphatic carbocycles. The number of carbonyl (C=O) groups is 1. The van der Waals surface area contributed by atoms with Gasteiger partial charge in [-0.3, -0.25) is 0 Å². The lowest BCUT2D eigenvalue weighted by Gasteiger charge is -2.32. The van der Waals surface area contributed by atoms with Crippen LogP contribution in [0.3, 0.4) is 0 Å². The molecule has 1 aromatic carbocycles. The normalized spacial score (nSPS) is 19.2. The molecule has 23 heavy (non-hydrogen) atoms. The summed E-state index contributed by atoms with van der Waals surface area (Å²) in [4.78, 5) is 11.1. The summed E-state index contributed by atoms with van der Waals surface area (Å²) < 4.78 is 10.7. The molecule has 0 spiro atoms. The van der Waals surface area contributed by atoms with Gasteiger partial charge in [0.2, 0.25) is 0 Å². The molecule has 1 aliphatic heterocycles. The molecule has 128 valence electrons. The number of hydrogen-bond acceptors (Lipinski definition) is 4. The van der Waals surface area contributed by atoms with Gasteiger partial charge in [-0.1, -0.05) is 17.7 Å². The van der Waals surface area contributed by atoms with Crippen LogP contribution in [-0.4, -0.2) is 39.4 Å². The predicted molar refractivity (Wildman–Crippen MR) is 90.9 cm³/mol. The van der Waals surface area contributed by atoms with Gasteiger partial charge in [-0.15, -0.1) is 0 Å². The van der Waals surface area contributed by atoms with Gasteiger partial charge in [0, 0.05) is 24.0 Å². The van der Waals surface area contributed by atoms with Gasteiger partial charge in [-0.25, -0.2) is 4.79 Å². The van der Waals surface area contributed by atoms with Crippen molar-refractivity contribution < 1.29 is 14.3 Å². The summed E-state index contributed by atoms with van der Waals surface area (Å²) in [6.07, 6.45) is 1.79. The predicted octanol–water partition coefficient (Wildman–Crippen LogP) is 3.06. The highest BCUT2D eigenvalue weighted by Crippen LogP contribution is 2.33. The third-order valence-electron chi connectivity index (χ3n) is 4.17. The summed E-state index contributed by atoms with van der Waals surface area (Å²) in [5.74, 6) is 0.402. The quantitative estimate of drug-likeness (QED) is 0.781. The maximum Gasteiger partial charge on any atom is 0.406 e. The molecule has 1 amide bonds. The summed E-state index contributed by atoms with van der Waals surface area (Å²) in [6.45, 7) is 4.92. The zero-order valence-electron chi connectivity index (χ0n) is 13.7. The van der Waals surface area contributed by atoms with Crippen LogP contribution in [0.4, 0.5) is 4.79 Å². The van der Waals surface area contributed by atoms with E-state index in [1.54, 1.807) is 0 Å². The molecule has 0 saturated carbocycles. The second-order valence-corrected chi connectivity index (χ2v) is 6.25. The highest BCUT2D eigenvalue weighted by molar-refractivity contribution is 6.30. The first-order chi connectivity index (χ1) is 11.1. The minimum Gasteiger partial charge on any atom is -0.453 e. The van der Waals surface area contributed by atoms with Gasteiger partial charge in [-0.2, -0.15) is 0 Å². The van der Waals surface area contributed by atoms with Crippen LogP contribution in [0.2, 0.25) is 5.02 Å². The van der Waals surface area contributed by atoms with Crippen LogP contribution < -0.4 is 10.6 Å². The highest BCUT2D eigenvalue weighted by Gasteiger charge is 2.27. The maximum absolute atomic E-state index is 11.1. The summed E-state index contributed by atoms with van der Waals surface area (Å²) in [5.41, 5.74) is 2.30. The number of carbonyl (C=O) groups excluding carboxylic acids is 1. The fourth-order valence-electron chi connectivity index (χ4n) is 2.95. The van der Waals surface area contributed by atoms with E-state index in [2.05, 4.69) is 22.3 Å². The molecule has 6 heteroatoms. The average molecular weight is 341 g/mol. The number of amides is 1. The lowest BCUT2D eigenvalue weighted by molar-refractivity contribution is 0.00437. The van der Waals surface area contributed by atoms with Crippen LogP contribution in [0, 0.1) is 12.8 Å². The second-order valence-electron chi connectivity index (χ2n) is 5.82. The fraction of sp³-hybridized carbons (Fsp3) is 0.588. The van der Waals surface area contributed by atoms with Crippen molar-refractivity contribution >= 4 is 17.7 Å². The highest BCUT2D eigenvalue weighted by atomic mass is 35.5. The van der Waals surface area contributed by atoms with Crippen molar-refractivity contribution in [1.82, 2.24) is 10.6 Å². The van der Waals surface area contributed by atoms with E-state index < -0.39 is 6.09 Å². The smallest absolute Gasteiger partial charge is 0.406 e. The Morgan fingerprint density at radius 3 is 3.04 bits per heavy atom. The standard InChI is InChI=1S/C17H25ClN2O3/c1-12-5-6-14(18)10-15(12)16(13-4-3-7-19-11-13)23-9-8-20-17(21)22-2/h5-6,10,13,16,19H,3-4,7-9,11H2,1-2H3,(H,20,21). The zero-order valence-corrected chi connectivity index (χ0v) is 14.5. The second kappa shape index (κ2) is 9.11. The third-order valence-corrected chi connectivity index (χ3v) is 4.40.